The lowest BCUT2D eigenvalue weighted by Gasteiger charge is -2.23. The fourth-order valence-electron chi connectivity index (χ4n) is 1.92. The first-order chi connectivity index (χ1) is 9.20. The van der Waals surface area contributed by atoms with Gasteiger partial charge in [0.25, 0.3) is 0 Å². The second-order valence-corrected chi connectivity index (χ2v) is 4.32. The maximum absolute atomic E-state index is 7.34. The van der Waals surface area contributed by atoms with Gasteiger partial charge in [-0.05, 0) is 24.6 Å². The molecule has 1 aromatic carbocycles. The molecule has 2 aromatic rings. The van der Waals surface area contributed by atoms with E-state index >= 15 is 0 Å². The van der Waals surface area contributed by atoms with Crippen LogP contribution in [0.4, 0.5) is 5.69 Å². The highest BCUT2D eigenvalue weighted by molar-refractivity contribution is 5.93. The number of anilines is 1. The molecule has 1 aromatic heterocycles. The van der Waals surface area contributed by atoms with Gasteiger partial charge in [-0.2, -0.15) is 0 Å². The lowest BCUT2D eigenvalue weighted by molar-refractivity contribution is 0.828. The van der Waals surface area contributed by atoms with Crippen molar-refractivity contribution in [2.75, 3.05) is 11.4 Å². The molecule has 0 saturated heterocycles. The molecular weight excluding hydrogens is 236 g/mol. The minimum Gasteiger partial charge on any atom is -0.382 e. The largest absolute Gasteiger partial charge is 0.382 e. The predicted molar refractivity (Wildman–Crippen MR) is 78.4 cm³/mol. The molecule has 0 unspecified atom stereocenters. The summed E-state index contributed by atoms with van der Waals surface area (Å²) in [6.07, 6.45) is 1.77. The van der Waals surface area contributed by atoms with Crippen LogP contribution in [0.5, 0.6) is 0 Å². The Labute approximate surface area is 113 Å². The lowest BCUT2D eigenvalue weighted by Crippen LogP contribution is -2.22. The summed E-state index contributed by atoms with van der Waals surface area (Å²) in [6, 6.07) is 14.1. The summed E-state index contributed by atoms with van der Waals surface area (Å²) < 4.78 is 0. The van der Waals surface area contributed by atoms with Crippen molar-refractivity contribution in [3.05, 3.63) is 59.9 Å². The van der Waals surface area contributed by atoms with Crippen LogP contribution in [0, 0.1) is 5.41 Å². The molecule has 19 heavy (non-hydrogen) atoms. The zero-order chi connectivity index (χ0) is 13.7. The van der Waals surface area contributed by atoms with Crippen LogP contribution >= 0.6 is 0 Å². The Morgan fingerprint density at radius 2 is 1.95 bits per heavy atom. The van der Waals surface area contributed by atoms with Gasteiger partial charge in [-0.1, -0.05) is 30.3 Å². The normalized spacial score (nSPS) is 10.2. The molecule has 98 valence electrons. The monoisotopic (exact) mass is 254 g/mol. The molecule has 4 heteroatoms. The molecule has 0 spiro atoms. The molecule has 0 aliphatic rings. The topological polar surface area (TPSA) is 66.0 Å². The maximum atomic E-state index is 7.34. The van der Waals surface area contributed by atoms with Crippen molar-refractivity contribution in [1.29, 1.82) is 5.41 Å². The molecular formula is C15H18N4. The Morgan fingerprint density at radius 1 is 1.21 bits per heavy atom. The summed E-state index contributed by atoms with van der Waals surface area (Å²) in [4.78, 5) is 6.43. The van der Waals surface area contributed by atoms with Crippen LogP contribution < -0.4 is 10.6 Å². The molecule has 0 bridgehead atoms. The van der Waals surface area contributed by atoms with Crippen molar-refractivity contribution in [1.82, 2.24) is 4.98 Å². The van der Waals surface area contributed by atoms with Crippen molar-refractivity contribution in [3.8, 4) is 0 Å². The molecule has 0 amide bonds. The summed E-state index contributed by atoms with van der Waals surface area (Å²) in [5, 5.41) is 7.34. The average molecular weight is 254 g/mol. The molecule has 0 atom stereocenters. The van der Waals surface area contributed by atoms with E-state index in [4.69, 9.17) is 11.1 Å². The number of nitrogens with two attached hydrogens (primary N) is 1. The molecule has 1 heterocycles. The van der Waals surface area contributed by atoms with Crippen LogP contribution in [0.3, 0.4) is 0 Å². The van der Waals surface area contributed by atoms with E-state index in [1.165, 1.54) is 5.56 Å². The SMILES string of the molecule is CCN(Cc1ccccc1)c1ccc(C(=N)N)nc1. The zero-order valence-electron chi connectivity index (χ0n) is 11.0. The highest BCUT2D eigenvalue weighted by Gasteiger charge is 2.06. The van der Waals surface area contributed by atoms with Crippen molar-refractivity contribution in [3.63, 3.8) is 0 Å². The number of rotatable bonds is 5. The second kappa shape index (κ2) is 6.00. The number of pyridine rings is 1. The number of benzene rings is 1. The Balaban J connectivity index is 2.15. The van der Waals surface area contributed by atoms with Gasteiger partial charge in [0.1, 0.15) is 11.5 Å². The van der Waals surface area contributed by atoms with Gasteiger partial charge in [0, 0.05) is 13.1 Å². The third-order valence-corrected chi connectivity index (χ3v) is 2.99. The molecule has 2 rings (SSSR count). The van der Waals surface area contributed by atoms with Crippen molar-refractivity contribution in [2.24, 2.45) is 5.73 Å². The Bertz CT molecular complexity index is 534. The number of nitrogens with one attached hydrogen (secondary N) is 1. The van der Waals surface area contributed by atoms with E-state index in [0.29, 0.717) is 5.69 Å². The maximum Gasteiger partial charge on any atom is 0.141 e. The van der Waals surface area contributed by atoms with E-state index in [2.05, 4.69) is 28.9 Å². The third kappa shape index (κ3) is 3.31. The molecule has 0 saturated carbocycles. The molecule has 0 fully saturated rings. The van der Waals surface area contributed by atoms with Gasteiger partial charge < -0.3 is 10.6 Å². The van der Waals surface area contributed by atoms with E-state index in [9.17, 15) is 0 Å². The van der Waals surface area contributed by atoms with Gasteiger partial charge >= 0.3 is 0 Å². The summed E-state index contributed by atoms with van der Waals surface area (Å²) in [5.41, 5.74) is 8.22. The fraction of sp³-hybridized carbons (Fsp3) is 0.200. The molecule has 0 aliphatic carbocycles. The molecule has 0 aliphatic heterocycles. The van der Waals surface area contributed by atoms with Gasteiger partial charge in [0.05, 0.1) is 11.9 Å². The van der Waals surface area contributed by atoms with Crippen LogP contribution in [0.25, 0.3) is 0 Å². The predicted octanol–water partition coefficient (Wildman–Crippen LogP) is 2.39. The fourth-order valence-corrected chi connectivity index (χ4v) is 1.92. The standard InChI is InChI=1S/C15H18N4/c1-2-19(11-12-6-4-3-5-7-12)13-8-9-14(15(16)17)18-10-13/h3-10H,2,11H2,1H3,(H3,16,17). The quantitative estimate of drug-likeness (QED) is 0.636. The van der Waals surface area contributed by atoms with E-state index in [0.717, 1.165) is 18.8 Å². The van der Waals surface area contributed by atoms with Crippen LogP contribution in [0.2, 0.25) is 0 Å². The van der Waals surface area contributed by atoms with E-state index in [1.54, 1.807) is 12.3 Å². The minimum absolute atomic E-state index is 0.00217. The lowest BCUT2D eigenvalue weighted by atomic mass is 10.2. The number of nitrogens with zero attached hydrogens (tertiary/aromatic N) is 2. The first-order valence-corrected chi connectivity index (χ1v) is 6.30. The van der Waals surface area contributed by atoms with Crippen LogP contribution in [0.15, 0.2) is 48.7 Å². The van der Waals surface area contributed by atoms with Crippen molar-refractivity contribution >= 4 is 11.5 Å². The van der Waals surface area contributed by atoms with Gasteiger partial charge in [0.2, 0.25) is 0 Å². The first-order valence-electron chi connectivity index (χ1n) is 6.30. The molecule has 3 N–H and O–H groups in total. The van der Waals surface area contributed by atoms with Gasteiger partial charge in [-0.3, -0.25) is 10.4 Å². The summed E-state index contributed by atoms with van der Waals surface area (Å²) in [6.45, 7) is 3.86. The number of hydrogen-bond donors (Lipinski definition) is 2. The third-order valence-electron chi connectivity index (χ3n) is 2.99. The zero-order valence-corrected chi connectivity index (χ0v) is 11.0. The van der Waals surface area contributed by atoms with Crippen LogP contribution in [-0.2, 0) is 6.54 Å². The minimum atomic E-state index is -0.00217. The highest BCUT2D eigenvalue weighted by Crippen LogP contribution is 2.16. The number of hydrogen-bond acceptors (Lipinski definition) is 3. The number of aromatic nitrogens is 1. The Kier molecular flexibility index (Phi) is 4.13. The molecule has 4 nitrogen and oxygen atoms in total. The summed E-state index contributed by atoms with van der Waals surface area (Å²) in [7, 11) is 0. The van der Waals surface area contributed by atoms with Gasteiger partial charge in [0.15, 0.2) is 0 Å². The van der Waals surface area contributed by atoms with E-state index < -0.39 is 0 Å². The Morgan fingerprint density at radius 3 is 2.47 bits per heavy atom. The van der Waals surface area contributed by atoms with Crippen LogP contribution in [-0.4, -0.2) is 17.4 Å². The second-order valence-electron chi connectivity index (χ2n) is 4.32. The smallest absolute Gasteiger partial charge is 0.141 e. The number of nitrogen functional groups attached to an aromatic ring is 1. The van der Waals surface area contributed by atoms with Crippen LogP contribution in [0.1, 0.15) is 18.2 Å². The summed E-state index contributed by atoms with van der Waals surface area (Å²) in [5.74, 6) is -0.00217. The van der Waals surface area contributed by atoms with Gasteiger partial charge in [-0.15, -0.1) is 0 Å². The molecule has 0 radical (unpaired) electrons. The van der Waals surface area contributed by atoms with Crippen molar-refractivity contribution < 1.29 is 0 Å². The van der Waals surface area contributed by atoms with E-state index in [1.807, 2.05) is 24.3 Å². The van der Waals surface area contributed by atoms with Crippen molar-refractivity contribution in [2.45, 2.75) is 13.5 Å². The van der Waals surface area contributed by atoms with E-state index in [-0.39, 0.29) is 5.84 Å². The summed E-state index contributed by atoms with van der Waals surface area (Å²) >= 11 is 0. The average Bonchev–Trinajstić information content (AvgIpc) is 2.46. The van der Waals surface area contributed by atoms with Gasteiger partial charge in [-0.25, -0.2) is 0 Å². The highest BCUT2D eigenvalue weighted by atomic mass is 15.1. The number of amidine groups is 1. The Hall–Kier alpha value is -2.36. The first kappa shape index (κ1) is 13.1.